The van der Waals surface area contributed by atoms with Crippen LogP contribution in [0.5, 0.6) is 0 Å². The van der Waals surface area contributed by atoms with Crippen molar-refractivity contribution in [2.24, 2.45) is 0 Å². The fourth-order valence-electron chi connectivity index (χ4n) is 5.25. The van der Waals surface area contributed by atoms with Gasteiger partial charge in [0.25, 0.3) is 0 Å². The fourth-order valence-corrected chi connectivity index (χ4v) is 5.25. The Kier molecular flexibility index (Phi) is 3.92. The fraction of sp³-hybridized carbons (Fsp3) is 0.0645. The molecule has 0 N–H and O–H groups in total. The van der Waals surface area contributed by atoms with Crippen molar-refractivity contribution in [3.63, 3.8) is 0 Å². The lowest BCUT2D eigenvalue weighted by atomic mass is 10.0. The van der Waals surface area contributed by atoms with Gasteiger partial charge in [-0.2, -0.15) is 0 Å². The number of allylic oxidation sites excluding steroid dienone is 5. The van der Waals surface area contributed by atoms with E-state index in [4.69, 9.17) is 4.98 Å². The third kappa shape index (κ3) is 2.73. The molecule has 2 aliphatic carbocycles. The van der Waals surface area contributed by atoms with Crippen LogP contribution >= 0.6 is 0 Å². The average molecular weight is 421 g/mol. The van der Waals surface area contributed by atoms with Crippen LogP contribution in [0.1, 0.15) is 17.7 Å². The second-order valence-electron chi connectivity index (χ2n) is 8.59. The summed E-state index contributed by atoms with van der Waals surface area (Å²) in [7, 11) is 0. The zero-order valence-corrected chi connectivity index (χ0v) is 18.0. The molecule has 33 heavy (non-hydrogen) atoms. The van der Waals surface area contributed by atoms with E-state index in [0.717, 1.165) is 29.3 Å². The second-order valence-corrected chi connectivity index (χ2v) is 8.59. The first kappa shape index (κ1) is 18.2. The lowest BCUT2D eigenvalue weighted by Gasteiger charge is -2.15. The first-order valence-electron chi connectivity index (χ1n) is 11.3. The van der Waals surface area contributed by atoms with Gasteiger partial charge in [-0.3, -0.25) is 4.98 Å². The quantitative estimate of drug-likeness (QED) is 0.219. The molecule has 0 spiro atoms. The van der Waals surface area contributed by atoms with Gasteiger partial charge in [0, 0.05) is 52.0 Å². The van der Waals surface area contributed by atoms with Crippen molar-refractivity contribution >= 4 is 38.7 Å². The van der Waals surface area contributed by atoms with Crippen LogP contribution in [0.25, 0.3) is 44.3 Å². The van der Waals surface area contributed by atoms with Gasteiger partial charge in [0.2, 0.25) is 0 Å². The lowest BCUT2D eigenvalue weighted by molar-refractivity contribution is 1.00. The zero-order chi connectivity index (χ0) is 21.8. The van der Waals surface area contributed by atoms with Crippen LogP contribution in [0.15, 0.2) is 102 Å². The minimum absolute atomic E-state index is 0.811. The largest absolute Gasteiger partial charge is 0.312 e. The third-order valence-electron chi connectivity index (χ3n) is 6.71. The molecule has 2 aromatic heterocycles. The molecule has 154 valence electrons. The molecule has 0 bridgehead atoms. The maximum Gasteiger partial charge on any atom is 0.0801 e. The van der Waals surface area contributed by atoms with E-state index in [1.807, 2.05) is 12.3 Å². The number of hydrogen-bond donors (Lipinski definition) is 0. The number of fused-ring (bicyclic) bond motifs is 6. The summed E-state index contributed by atoms with van der Waals surface area (Å²) >= 11 is 0. The SMILES string of the molecule is C1#CC(C2=Cc3c(n(-c4cccc5ccc6cccnc6c45)c4ccccc34)C2)=CC=CC1. The summed E-state index contributed by atoms with van der Waals surface area (Å²) in [5.41, 5.74) is 8.52. The van der Waals surface area contributed by atoms with Crippen LogP contribution in [-0.2, 0) is 6.42 Å². The van der Waals surface area contributed by atoms with Crippen LogP contribution in [0.3, 0.4) is 0 Å². The maximum atomic E-state index is 4.79. The molecule has 5 aromatic rings. The highest BCUT2D eigenvalue weighted by Crippen LogP contribution is 2.41. The summed E-state index contributed by atoms with van der Waals surface area (Å²) in [6.07, 6.45) is 12.3. The minimum Gasteiger partial charge on any atom is -0.312 e. The number of para-hydroxylation sites is 1. The van der Waals surface area contributed by atoms with Gasteiger partial charge in [0.05, 0.1) is 16.7 Å². The van der Waals surface area contributed by atoms with Crippen molar-refractivity contribution in [1.82, 2.24) is 9.55 Å². The Morgan fingerprint density at radius 1 is 0.879 bits per heavy atom. The van der Waals surface area contributed by atoms with Gasteiger partial charge in [-0.1, -0.05) is 72.5 Å². The molecular weight excluding hydrogens is 400 g/mol. The van der Waals surface area contributed by atoms with Crippen LogP contribution < -0.4 is 0 Å². The highest BCUT2D eigenvalue weighted by Gasteiger charge is 2.25. The van der Waals surface area contributed by atoms with Crippen molar-refractivity contribution in [2.75, 3.05) is 0 Å². The van der Waals surface area contributed by atoms with Crippen LogP contribution in [0.2, 0.25) is 0 Å². The molecule has 2 aliphatic rings. The highest BCUT2D eigenvalue weighted by atomic mass is 15.0. The highest BCUT2D eigenvalue weighted by molar-refractivity contribution is 6.10. The van der Waals surface area contributed by atoms with Gasteiger partial charge in [0.1, 0.15) is 0 Å². The number of benzene rings is 3. The molecule has 0 amide bonds. The van der Waals surface area contributed by atoms with E-state index in [1.54, 1.807) is 0 Å². The topological polar surface area (TPSA) is 17.8 Å². The molecule has 7 rings (SSSR count). The summed E-state index contributed by atoms with van der Waals surface area (Å²) in [6, 6.07) is 23.8. The van der Waals surface area contributed by atoms with E-state index in [9.17, 15) is 0 Å². The predicted molar refractivity (Wildman–Crippen MR) is 137 cm³/mol. The van der Waals surface area contributed by atoms with E-state index < -0.39 is 0 Å². The molecule has 0 unspecified atom stereocenters. The average Bonchev–Trinajstić information content (AvgIpc) is 3.28. The molecule has 2 heterocycles. The van der Waals surface area contributed by atoms with Crippen molar-refractivity contribution in [2.45, 2.75) is 12.8 Å². The summed E-state index contributed by atoms with van der Waals surface area (Å²) in [5, 5.41) is 4.85. The Morgan fingerprint density at radius 2 is 1.79 bits per heavy atom. The molecule has 2 heteroatoms. The Balaban J connectivity index is 1.53. The lowest BCUT2D eigenvalue weighted by Crippen LogP contribution is -2.02. The summed E-state index contributed by atoms with van der Waals surface area (Å²) in [4.78, 5) is 4.79. The summed E-state index contributed by atoms with van der Waals surface area (Å²) < 4.78 is 2.45. The van der Waals surface area contributed by atoms with Crippen LogP contribution in [0.4, 0.5) is 0 Å². The smallest absolute Gasteiger partial charge is 0.0801 e. The van der Waals surface area contributed by atoms with Crippen LogP contribution in [0, 0.1) is 11.8 Å². The van der Waals surface area contributed by atoms with Crippen molar-refractivity contribution in [3.05, 3.63) is 114 Å². The van der Waals surface area contributed by atoms with Gasteiger partial charge in [0.15, 0.2) is 0 Å². The monoisotopic (exact) mass is 420 g/mol. The van der Waals surface area contributed by atoms with E-state index in [0.29, 0.717) is 0 Å². The second kappa shape index (κ2) is 7.08. The van der Waals surface area contributed by atoms with Crippen molar-refractivity contribution in [1.29, 1.82) is 0 Å². The summed E-state index contributed by atoms with van der Waals surface area (Å²) in [6.45, 7) is 0. The van der Waals surface area contributed by atoms with Gasteiger partial charge >= 0.3 is 0 Å². The predicted octanol–water partition coefficient (Wildman–Crippen LogP) is 7.16. The van der Waals surface area contributed by atoms with Gasteiger partial charge in [-0.25, -0.2) is 0 Å². The van der Waals surface area contributed by atoms with Crippen molar-refractivity contribution < 1.29 is 0 Å². The number of pyridine rings is 1. The Bertz CT molecular complexity index is 1760. The van der Waals surface area contributed by atoms with Gasteiger partial charge in [-0.15, -0.1) is 0 Å². The van der Waals surface area contributed by atoms with E-state index >= 15 is 0 Å². The first-order chi connectivity index (χ1) is 16.4. The molecule has 0 atom stereocenters. The molecule has 0 radical (unpaired) electrons. The molecule has 2 nitrogen and oxygen atoms in total. The standard InChI is InChI=1S/C31H20N2/c1-2-4-10-21(9-3-1)24-19-26-25-13-5-6-14-27(25)33(29(26)20-24)28-15-7-11-22-16-17-23-12-8-18-32-31(23)30(22)28/h1,3,5-9,11-19H,2,20H2. The number of rotatable bonds is 2. The normalized spacial score (nSPS) is 14.7. The third-order valence-corrected chi connectivity index (χ3v) is 6.71. The molecule has 0 saturated carbocycles. The van der Waals surface area contributed by atoms with Crippen LogP contribution in [-0.4, -0.2) is 9.55 Å². The number of aromatic nitrogens is 2. The van der Waals surface area contributed by atoms with Crippen molar-refractivity contribution in [3.8, 4) is 17.5 Å². The molecule has 0 fully saturated rings. The van der Waals surface area contributed by atoms with Gasteiger partial charge < -0.3 is 4.57 Å². The molecule has 0 saturated heterocycles. The number of nitrogens with zero attached hydrogens (tertiary/aromatic N) is 2. The summed E-state index contributed by atoms with van der Waals surface area (Å²) in [5.74, 6) is 6.63. The number of hydrogen-bond acceptors (Lipinski definition) is 1. The Hall–Kier alpha value is -4.35. The maximum absolute atomic E-state index is 4.79. The van der Waals surface area contributed by atoms with E-state index in [1.165, 1.54) is 44.2 Å². The Labute approximate surface area is 192 Å². The first-order valence-corrected chi connectivity index (χ1v) is 11.3. The van der Waals surface area contributed by atoms with Gasteiger partial charge in [-0.05, 0) is 41.3 Å². The zero-order valence-electron chi connectivity index (χ0n) is 18.0. The van der Waals surface area contributed by atoms with E-state index in [-0.39, 0.29) is 0 Å². The molecular formula is C31H20N2. The molecule has 0 aliphatic heterocycles. The molecule has 3 aromatic carbocycles. The Morgan fingerprint density at radius 3 is 2.79 bits per heavy atom. The van der Waals surface area contributed by atoms with E-state index in [2.05, 4.69) is 101 Å². The minimum atomic E-state index is 0.811.